The van der Waals surface area contributed by atoms with Gasteiger partial charge in [0.25, 0.3) is 5.91 Å². The van der Waals surface area contributed by atoms with Crippen LogP contribution in [0.3, 0.4) is 0 Å². The Hall–Kier alpha value is -1.52. The smallest absolute Gasteiger partial charge is 0.256 e. The first-order valence-corrected chi connectivity index (χ1v) is 10.8. The second-order valence-electron chi connectivity index (χ2n) is 8.86. The number of carbonyl (C=O) groups excluding carboxylic acids is 1. The SMILES string of the molecule is CN1CCN(C(=O)c2cn3c4c(cccc24)CCC3C2CCCCC2)CC1.Cl. The molecule has 0 N–H and O–H groups in total. The van der Waals surface area contributed by atoms with Crippen molar-refractivity contribution in [2.24, 2.45) is 5.92 Å². The highest BCUT2D eigenvalue weighted by atomic mass is 35.5. The van der Waals surface area contributed by atoms with Gasteiger partial charge in [0.15, 0.2) is 0 Å². The molecule has 0 spiro atoms. The molecule has 28 heavy (non-hydrogen) atoms. The molecule has 2 fully saturated rings. The lowest BCUT2D eigenvalue weighted by atomic mass is 9.80. The average Bonchev–Trinajstić information content (AvgIpc) is 3.10. The standard InChI is InChI=1S/C23H31N3O.ClH/c1-24-12-14-25(15-13-24)23(27)20-16-26-21(17-6-3-2-4-7-17)11-10-18-8-5-9-19(20)22(18)26;/h5,8-9,16-17,21H,2-4,6-7,10-15H2,1H3;1H. The Morgan fingerprint density at radius 1 is 1.00 bits per heavy atom. The molecular weight excluding hydrogens is 370 g/mol. The van der Waals surface area contributed by atoms with Gasteiger partial charge in [0, 0.05) is 43.8 Å². The van der Waals surface area contributed by atoms with Gasteiger partial charge >= 0.3 is 0 Å². The number of carbonyl (C=O) groups is 1. The Bertz CT molecular complexity index is 847. The van der Waals surface area contributed by atoms with E-state index in [-0.39, 0.29) is 18.3 Å². The molecule has 1 aromatic heterocycles. The van der Waals surface area contributed by atoms with Gasteiger partial charge in [-0.15, -0.1) is 12.4 Å². The zero-order valence-electron chi connectivity index (χ0n) is 16.9. The summed E-state index contributed by atoms with van der Waals surface area (Å²) in [6, 6.07) is 7.16. The zero-order valence-corrected chi connectivity index (χ0v) is 17.7. The predicted octanol–water partition coefficient (Wildman–Crippen LogP) is 4.52. The first-order chi connectivity index (χ1) is 13.2. The Morgan fingerprint density at radius 3 is 2.50 bits per heavy atom. The topological polar surface area (TPSA) is 28.5 Å². The van der Waals surface area contributed by atoms with E-state index in [0.717, 1.165) is 44.1 Å². The van der Waals surface area contributed by atoms with E-state index in [1.165, 1.54) is 55.0 Å². The maximum absolute atomic E-state index is 13.4. The molecule has 0 radical (unpaired) electrons. The molecule has 1 amide bonds. The number of benzene rings is 1. The fourth-order valence-corrected chi connectivity index (χ4v) is 5.62. The lowest BCUT2D eigenvalue weighted by Gasteiger charge is -2.35. The number of nitrogens with zero attached hydrogens (tertiary/aromatic N) is 3. The Kier molecular flexibility index (Phi) is 5.71. The van der Waals surface area contributed by atoms with Crippen LogP contribution in [0.15, 0.2) is 24.4 Å². The van der Waals surface area contributed by atoms with E-state index in [2.05, 4.69) is 45.8 Å². The first kappa shape index (κ1) is 19.8. The number of hydrogen-bond donors (Lipinski definition) is 0. The van der Waals surface area contributed by atoms with Crippen LogP contribution in [0.25, 0.3) is 10.9 Å². The van der Waals surface area contributed by atoms with Crippen LogP contribution in [0.1, 0.15) is 60.5 Å². The maximum atomic E-state index is 13.4. The summed E-state index contributed by atoms with van der Waals surface area (Å²) in [5.41, 5.74) is 3.70. The Labute approximate surface area is 174 Å². The van der Waals surface area contributed by atoms with E-state index in [1.54, 1.807) is 0 Å². The molecular formula is C23H32ClN3O. The van der Waals surface area contributed by atoms with Crippen molar-refractivity contribution in [3.8, 4) is 0 Å². The lowest BCUT2D eigenvalue weighted by molar-refractivity contribution is 0.0665. The van der Waals surface area contributed by atoms with Gasteiger partial charge in [-0.1, -0.05) is 37.5 Å². The summed E-state index contributed by atoms with van der Waals surface area (Å²) < 4.78 is 2.51. The van der Waals surface area contributed by atoms with Gasteiger partial charge in [-0.3, -0.25) is 4.79 Å². The van der Waals surface area contributed by atoms with E-state index in [1.807, 2.05) is 0 Å². The quantitative estimate of drug-likeness (QED) is 0.740. The third-order valence-corrected chi connectivity index (χ3v) is 7.22. The second kappa shape index (κ2) is 8.08. The second-order valence-corrected chi connectivity index (χ2v) is 8.86. The fourth-order valence-electron chi connectivity index (χ4n) is 5.62. The number of likely N-dealkylation sites (N-methyl/N-ethyl adjacent to an activating group) is 1. The number of piperazine rings is 1. The van der Waals surface area contributed by atoms with Gasteiger partial charge in [0.2, 0.25) is 0 Å². The molecule has 4 nitrogen and oxygen atoms in total. The predicted molar refractivity (Wildman–Crippen MR) is 117 cm³/mol. The van der Waals surface area contributed by atoms with Gasteiger partial charge < -0.3 is 14.4 Å². The number of aryl methyl sites for hydroxylation is 1. The average molecular weight is 402 g/mol. The molecule has 3 heterocycles. The normalized spacial score (nSPS) is 23.6. The van der Waals surface area contributed by atoms with Crippen molar-refractivity contribution < 1.29 is 4.79 Å². The molecule has 5 heteroatoms. The van der Waals surface area contributed by atoms with E-state index in [9.17, 15) is 4.79 Å². The lowest BCUT2D eigenvalue weighted by Crippen LogP contribution is -2.47. The Balaban J connectivity index is 0.00000192. The van der Waals surface area contributed by atoms with Crippen LogP contribution in [-0.2, 0) is 6.42 Å². The van der Waals surface area contributed by atoms with Crippen LogP contribution in [0.4, 0.5) is 0 Å². The first-order valence-electron chi connectivity index (χ1n) is 10.8. The van der Waals surface area contributed by atoms with Crippen molar-refractivity contribution in [2.45, 2.75) is 51.0 Å². The van der Waals surface area contributed by atoms with Crippen molar-refractivity contribution in [1.29, 1.82) is 0 Å². The molecule has 1 aromatic carbocycles. The summed E-state index contributed by atoms with van der Waals surface area (Å²) in [6.07, 6.45) is 11.5. The number of para-hydroxylation sites is 1. The summed E-state index contributed by atoms with van der Waals surface area (Å²) in [7, 11) is 2.14. The molecule has 2 aliphatic heterocycles. The molecule has 152 valence electrons. The number of aromatic nitrogens is 1. The summed E-state index contributed by atoms with van der Waals surface area (Å²) in [4.78, 5) is 17.7. The van der Waals surface area contributed by atoms with Gasteiger partial charge in [-0.05, 0) is 44.2 Å². The number of rotatable bonds is 2. The molecule has 2 aromatic rings. The van der Waals surface area contributed by atoms with Crippen LogP contribution < -0.4 is 0 Å². The maximum Gasteiger partial charge on any atom is 0.256 e. The van der Waals surface area contributed by atoms with Crippen molar-refractivity contribution >= 4 is 29.2 Å². The minimum absolute atomic E-state index is 0. The molecule has 5 rings (SSSR count). The highest BCUT2D eigenvalue weighted by Crippen LogP contribution is 2.42. The fraction of sp³-hybridized carbons (Fsp3) is 0.609. The van der Waals surface area contributed by atoms with E-state index < -0.39 is 0 Å². The minimum Gasteiger partial charge on any atom is -0.343 e. The highest BCUT2D eigenvalue weighted by Gasteiger charge is 2.32. The third-order valence-electron chi connectivity index (χ3n) is 7.22. The molecule has 1 aliphatic carbocycles. The van der Waals surface area contributed by atoms with Crippen molar-refractivity contribution in [3.05, 3.63) is 35.5 Å². The van der Waals surface area contributed by atoms with Gasteiger partial charge in [0.05, 0.1) is 11.1 Å². The highest BCUT2D eigenvalue weighted by molar-refractivity contribution is 6.08. The minimum atomic E-state index is 0. The molecule has 1 saturated heterocycles. The zero-order chi connectivity index (χ0) is 18.4. The molecule has 0 bridgehead atoms. The van der Waals surface area contributed by atoms with Crippen molar-refractivity contribution in [3.63, 3.8) is 0 Å². The number of hydrogen-bond acceptors (Lipinski definition) is 2. The van der Waals surface area contributed by atoms with Crippen LogP contribution in [-0.4, -0.2) is 53.5 Å². The Morgan fingerprint density at radius 2 is 1.75 bits per heavy atom. The summed E-state index contributed by atoms with van der Waals surface area (Å²) >= 11 is 0. The van der Waals surface area contributed by atoms with Crippen molar-refractivity contribution in [1.82, 2.24) is 14.4 Å². The van der Waals surface area contributed by atoms with Crippen LogP contribution in [0.2, 0.25) is 0 Å². The van der Waals surface area contributed by atoms with Gasteiger partial charge in [0.1, 0.15) is 0 Å². The molecule has 3 aliphatic rings. The number of halogens is 1. The largest absolute Gasteiger partial charge is 0.343 e. The van der Waals surface area contributed by atoms with Crippen LogP contribution in [0, 0.1) is 5.92 Å². The van der Waals surface area contributed by atoms with Crippen LogP contribution >= 0.6 is 12.4 Å². The third kappa shape index (κ3) is 3.35. The number of amides is 1. The van der Waals surface area contributed by atoms with Crippen LogP contribution in [0.5, 0.6) is 0 Å². The van der Waals surface area contributed by atoms with Crippen molar-refractivity contribution in [2.75, 3.05) is 33.2 Å². The van der Waals surface area contributed by atoms with Gasteiger partial charge in [-0.25, -0.2) is 0 Å². The summed E-state index contributed by atoms with van der Waals surface area (Å²) in [6.45, 7) is 3.63. The monoisotopic (exact) mass is 401 g/mol. The van der Waals surface area contributed by atoms with E-state index >= 15 is 0 Å². The summed E-state index contributed by atoms with van der Waals surface area (Å²) in [5.74, 6) is 1.02. The summed E-state index contributed by atoms with van der Waals surface area (Å²) in [5, 5.41) is 1.18. The van der Waals surface area contributed by atoms with Gasteiger partial charge in [-0.2, -0.15) is 0 Å². The van der Waals surface area contributed by atoms with E-state index in [0.29, 0.717) is 6.04 Å². The molecule has 1 saturated carbocycles. The molecule has 1 unspecified atom stereocenters. The van der Waals surface area contributed by atoms with E-state index in [4.69, 9.17) is 0 Å². The molecule has 1 atom stereocenters.